The van der Waals surface area contributed by atoms with Gasteiger partial charge in [-0.1, -0.05) is 34.4 Å². The number of nitrogens with one attached hydrogen (secondary N) is 1. The fourth-order valence-electron chi connectivity index (χ4n) is 3.31. The summed E-state index contributed by atoms with van der Waals surface area (Å²) in [5, 5.41) is 7.87. The predicted octanol–water partition coefficient (Wildman–Crippen LogP) is 4.55. The van der Waals surface area contributed by atoms with Gasteiger partial charge in [-0.2, -0.15) is 0 Å². The standard InChI is InChI=1S/C22H17Cl2F2N3O2/c23-17-2-1-3-18(24)22(17)29-12-13(4-7-20(29)30)21(28-31-15-8-9-27-11-15)16-6-5-14(25)10-19(16)26/h1-7,10,12,15,27H,8-9,11H2. The van der Waals surface area contributed by atoms with E-state index in [1.807, 2.05) is 0 Å². The van der Waals surface area contributed by atoms with Crippen molar-refractivity contribution in [2.24, 2.45) is 5.16 Å². The number of aromatic nitrogens is 1. The quantitative estimate of drug-likeness (QED) is 0.445. The minimum Gasteiger partial charge on any atom is -0.391 e. The van der Waals surface area contributed by atoms with Crippen molar-refractivity contribution in [3.8, 4) is 5.69 Å². The molecule has 0 saturated carbocycles. The summed E-state index contributed by atoms with van der Waals surface area (Å²) in [7, 11) is 0. The molecule has 1 aliphatic heterocycles. The van der Waals surface area contributed by atoms with Gasteiger partial charge in [0.15, 0.2) is 0 Å². The van der Waals surface area contributed by atoms with Crippen LogP contribution in [0.4, 0.5) is 8.78 Å². The van der Waals surface area contributed by atoms with Crippen molar-refractivity contribution in [2.75, 3.05) is 13.1 Å². The molecule has 3 aromatic rings. The van der Waals surface area contributed by atoms with E-state index in [0.29, 0.717) is 12.1 Å². The van der Waals surface area contributed by atoms with Crippen molar-refractivity contribution in [3.05, 3.63) is 97.9 Å². The topological polar surface area (TPSA) is 55.6 Å². The van der Waals surface area contributed by atoms with E-state index in [1.165, 1.54) is 29.0 Å². The fraction of sp³-hybridized carbons (Fsp3) is 0.182. The van der Waals surface area contributed by atoms with Crippen molar-refractivity contribution in [1.82, 2.24) is 9.88 Å². The summed E-state index contributed by atoms with van der Waals surface area (Å²) < 4.78 is 29.4. The van der Waals surface area contributed by atoms with Gasteiger partial charge in [0.2, 0.25) is 0 Å². The van der Waals surface area contributed by atoms with E-state index >= 15 is 0 Å². The van der Waals surface area contributed by atoms with E-state index in [1.54, 1.807) is 18.2 Å². The lowest BCUT2D eigenvalue weighted by atomic mass is 10.0. The maximum absolute atomic E-state index is 14.6. The first kappa shape index (κ1) is 21.5. The molecule has 0 bridgehead atoms. The molecule has 1 saturated heterocycles. The number of para-hydroxylation sites is 1. The molecule has 4 rings (SSSR count). The molecule has 1 N–H and O–H groups in total. The zero-order chi connectivity index (χ0) is 22.0. The number of hydrogen-bond donors (Lipinski definition) is 1. The molecule has 1 atom stereocenters. The monoisotopic (exact) mass is 463 g/mol. The number of hydrogen-bond acceptors (Lipinski definition) is 4. The number of benzene rings is 2. The van der Waals surface area contributed by atoms with Gasteiger partial charge in [-0.3, -0.25) is 9.36 Å². The zero-order valence-electron chi connectivity index (χ0n) is 16.1. The molecule has 160 valence electrons. The molecule has 31 heavy (non-hydrogen) atoms. The molecule has 0 spiro atoms. The van der Waals surface area contributed by atoms with E-state index in [-0.39, 0.29) is 33.1 Å². The van der Waals surface area contributed by atoms with Gasteiger partial charge < -0.3 is 10.2 Å². The van der Waals surface area contributed by atoms with Crippen molar-refractivity contribution in [1.29, 1.82) is 0 Å². The summed E-state index contributed by atoms with van der Waals surface area (Å²) in [4.78, 5) is 18.2. The number of oxime groups is 1. The smallest absolute Gasteiger partial charge is 0.255 e. The number of halogens is 4. The lowest BCUT2D eigenvalue weighted by molar-refractivity contribution is 0.0738. The summed E-state index contributed by atoms with van der Waals surface area (Å²) >= 11 is 12.5. The Morgan fingerprint density at radius 2 is 1.90 bits per heavy atom. The van der Waals surface area contributed by atoms with Crippen LogP contribution in [-0.2, 0) is 4.84 Å². The van der Waals surface area contributed by atoms with Crippen LogP contribution in [0.1, 0.15) is 17.5 Å². The molecule has 1 aliphatic rings. The minimum absolute atomic E-state index is 0.0304. The molecule has 1 fully saturated rings. The molecule has 0 aliphatic carbocycles. The van der Waals surface area contributed by atoms with Crippen molar-refractivity contribution in [3.63, 3.8) is 0 Å². The molecule has 5 nitrogen and oxygen atoms in total. The molecule has 0 amide bonds. The molecular formula is C22H17Cl2F2N3O2. The normalized spacial score (nSPS) is 16.5. The second-order valence-corrected chi connectivity index (χ2v) is 7.79. The zero-order valence-corrected chi connectivity index (χ0v) is 17.6. The SMILES string of the molecule is O=c1ccc(C(=NOC2CCNC2)c2ccc(F)cc2F)cn1-c1c(Cl)cccc1Cl. The van der Waals surface area contributed by atoms with Crippen LogP contribution in [0.2, 0.25) is 10.0 Å². The first-order valence-corrected chi connectivity index (χ1v) is 10.3. The third-order valence-corrected chi connectivity index (χ3v) is 5.47. The highest BCUT2D eigenvalue weighted by Crippen LogP contribution is 2.28. The molecule has 1 unspecified atom stereocenters. The maximum Gasteiger partial charge on any atom is 0.255 e. The van der Waals surface area contributed by atoms with E-state index in [4.69, 9.17) is 28.0 Å². The Hall–Kier alpha value is -2.74. The van der Waals surface area contributed by atoms with E-state index in [9.17, 15) is 13.6 Å². The highest BCUT2D eigenvalue weighted by Gasteiger charge is 2.20. The number of pyridine rings is 1. The predicted molar refractivity (Wildman–Crippen MR) is 116 cm³/mol. The molecule has 0 radical (unpaired) electrons. The Bertz CT molecular complexity index is 1190. The van der Waals surface area contributed by atoms with E-state index < -0.39 is 17.2 Å². The maximum atomic E-state index is 14.6. The second kappa shape index (κ2) is 9.18. The van der Waals surface area contributed by atoms with Gasteiger partial charge in [-0.15, -0.1) is 0 Å². The molecule has 1 aromatic heterocycles. The Labute approximate surface area is 186 Å². The summed E-state index contributed by atoms with van der Waals surface area (Å²) in [6, 6.07) is 10.8. The Kier molecular flexibility index (Phi) is 6.36. The highest BCUT2D eigenvalue weighted by molar-refractivity contribution is 6.37. The van der Waals surface area contributed by atoms with Gasteiger partial charge in [0.1, 0.15) is 23.5 Å². The van der Waals surface area contributed by atoms with Gasteiger partial charge in [-0.25, -0.2) is 8.78 Å². The second-order valence-electron chi connectivity index (χ2n) is 6.98. The van der Waals surface area contributed by atoms with Crippen molar-refractivity contribution >= 4 is 28.9 Å². The number of rotatable bonds is 5. The molecule has 9 heteroatoms. The van der Waals surface area contributed by atoms with Gasteiger partial charge in [0.25, 0.3) is 5.56 Å². The van der Waals surface area contributed by atoms with E-state index in [2.05, 4.69) is 10.5 Å². The molecule has 2 heterocycles. The average molecular weight is 464 g/mol. The molecule has 2 aromatic carbocycles. The Balaban J connectivity index is 1.85. The lowest BCUT2D eigenvalue weighted by Crippen LogP contribution is -2.21. The first-order valence-electron chi connectivity index (χ1n) is 9.51. The fourth-order valence-corrected chi connectivity index (χ4v) is 3.88. The number of nitrogens with zero attached hydrogens (tertiary/aromatic N) is 2. The van der Waals surface area contributed by atoms with Crippen LogP contribution in [0, 0.1) is 11.6 Å². The van der Waals surface area contributed by atoms with E-state index in [0.717, 1.165) is 25.1 Å². The first-order chi connectivity index (χ1) is 14.9. The van der Waals surface area contributed by atoms with Gasteiger partial charge in [0, 0.05) is 42.4 Å². The van der Waals surface area contributed by atoms with Crippen LogP contribution in [0.5, 0.6) is 0 Å². The van der Waals surface area contributed by atoms with Crippen LogP contribution in [0.3, 0.4) is 0 Å². The van der Waals surface area contributed by atoms with Crippen LogP contribution < -0.4 is 10.9 Å². The molecular weight excluding hydrogens is 447 g/mol. The van der Waals surface area contributed by atoms with Crippen LogP contribution in [-0.4, -0.2) is 29.5 Å². The van der Waals surface area contributed by atoms with Crippen LogP contribution in [0.15, 0.2) is 64.7 Å². The van der Waals surface area contributed by atoms with Crippen molar-refractivity contribution in [2.45, 2.75) is 12.5 Å². The third-order valence-electron chi connectivity index (χ3n) is 4.86. The largest absolute Gasteiger partial charge is 0.391 e. The van der Waals surface area contributed by atoms with Gasteiger partial charge >= 0.3 is 0 Å². The van der Waals surface area contributed by atoms with Gasteiger partial charge in [0.05, 0.1) is 15.7 Å². The summed E-state index contributed by atoms with van der Waals surface area (Å²) in [5.74, 6) is -1.52. The Morgan fingerprint density at radius 1 is 1.13 bits per heavy atom. The summed E-state index contributed by atoms with van der Waals surface area (Å²) in [6.07, 6.45) is 2.02. The minimum atomic E-state index is -0.805. The van der Waals surface area contributed by atoms with Crippen molar-refractivity contribution < 1.29 is 13.6 Å². The summed E-state index contributed by atoms with van der Waals surface area (Å²) in [6.45, 7) is 1.40. The van der Waals surface area contributed by atoms with Gasteiger partial charge in [-0.05, 0) is 36.9 Å². The summed E-state index contributed by atoms with van der Waals surface area (Å²) in [5.41, 5.74) is 0.410. The lowest BCUT2D eigenvalue weighted by Gasteiger charge is -2.14. The highest BCUT2D eigenvalue weighted by atomic mass is 35.5. The third kappa shape index (κ3) is 4.63. The Morgan fingerprint density at radius 3 is 2.58 bits per heavy atom. The average Bonchev–Trinajstić information content (AvgIpc) is 3.25. The van der Waals surface area contributed by atoms with Crippen LogP contribution in [0.25, 0.3) is 5.69 Å². The van der Waals surface area contributed by atoms with Crippen LogP contribution >= 0.6 is 23.2 Å².